The van der Waals surface area contributed by atoms with Crippen LogP contribution in [0.5, 0.6) is 0 Å². The molecule has 0 radical (unpaired) electrons. The molecule has 18 heavy (non-hydrogen) atoms. The molecule has 1 aromatic heterocycles. The predicted molar refractivity (Wildman–Crippen MR) is 71.6 cm³/mol. The summed E-state index contributed by atoms with van der Waals surface area (Å²) in [5.74, 6) is -0.429. The molecule has 0 aliphatic rings. The quantitative estimate of drug-likeness (QED) is 0.736. The molecule has 0 aliphatic carbocycles. The van der Waals surface area contributed by atoms with Crippen molar-refractivity contribution in [3.05, 3.63) is 63.2 Å². The largest absolute Gasteiger partial charge is 0.331 e. The van der Waals surface area contributed by atoms with Crippen molar-refractivity contribution in [2.24, 2.45) is 0 Å². The van der Waals surface area contributed by atoms with Crippen LogP contribution in [0.1, 0.15) is 0 Å². The van der Waals surface area contributed by atoms with Crippen molar-refractivity contribution in [1.82, 2.24) is 9.55 Å². The Balaban J connectivity index is 2.47. The van der Waals surface area contributed by atoms with Crippen LogP contribution in [0.3, 0.4) is 0 Å². The lowest BCUT2D eigenvalue weighted by molar-refractivity contribution is 0.634. The van der Waals surface area contributed by atoms with E-state index in [9.17, 15) is 9.18 Å². The van der Waals surface area contributed by atoms with Gasteiger partial charge in [0.15, 0.2) is 0 Å². The molecule has 0 fully saturated rings. The molecule has 3 rings (SSSR count). The first-order chi connectivity index (χ1) is 8.68. The van der Waals surface area contributed by atoms with Crippen LogP contribution < -0.4 is 5.69 Å². The van der Waals surface area contributed by atoms with Crippen molar-refractivity contribution in [2.75, 3.05) is 0 Å². The lowest BCUT2D eigenvalue weighted by Gasteiger charge is -2.06. The molecule has 0 atom stereocenters. The summed E-state index contributed by atoms with van der Waals surface area (Å²) in [7, 11) is 0. The number of aromatic amines is 1. The number of benzene rings is 2. The smallest absolute Gasteiger partial charge is 0.305 e. The monoisotopic (exact) mass is 306 g/mol. The highest BCUT2D eigenvalue weighted by Gasteiger charge is 2.13. The third-order valence-corrected chi connectivity index (χ3v) is 3.42. The summed E-state index contributed by atoms with van der Waals surface area (Å²) < 4.78 is 15.9. The van der Waals surface area contributed by atoms with Gasteiger partial charge in [-0.3, -0.25) is 4.57 Å². The van der Waals surface area contributed by atoms with Crippen LogP contribution in [0.2, 0.25) is 0 Å². The van der Waals surface area contributed by atoms with Gasteiger partial charge in [0.1, 0.15) is 11.3 Å². The molecule has 2 aromatic carbocycles. The summed E-state index contributed by atoms with van der Waals surface area (Å²) in [6, 6.07) is 11.8. The molecular formula is C13H8BrFN2O. The summed E-state index contributed by atoms with van der Waals surface area (Å²) in [5, 5.41) is 0. The highest BCUT2D eigenvalue weighted by atomic mass is 79.9. The van der Waals surface area contributed by atoms with Crippen molar-refractivity contribution in [1.29, 1.82) is 0 Å². The first-order valence-corrected chi connectivity index (χ1v) is 6.12. The van der Waals surface area contributed by atoms with E-state index in [0.717, 1.165) is 4.47 Å². The van der Waals surface area contributed by atoms with Crippen LogP contribution >= 0.6 is 15.9 Å². The average molecular weight is 307 g/mol. The van der Waals surface area contributed by atoms with Gasteiger partial charge in [0, 0.05) is 4.47 Å². The summed E-state index contributed by atoms with van der Waals surface area (Å²) in [6.45, 7) is 0. The molecule has 90 valence electrons. The van der Waals surface area contributed by atoms with E-state index in [-0.39, 0.29) is 11.2 Å². The number of H-pyrrole nitrogens is 1. The normalized spacial score (nSPS) is 11.0. The minimum Gasteiger partial charge on any atom is -0.305 e. The Bertz CT molecular complexity index is 791. The van der Waals surface area contributed by atoms with E-state index in [2.05, 4.69) is 20.9 Å². The molecule has 1 N–H and O–H groups in total. The Morgan fingerprint density at radius 3 is 2.67 bits per heavy atom. The maximum absolute atomic E-state index is 13.9. The molecule has 5 heteroatoms. The summed E-state index contributed by atoms with van der Waals surface area (Å²) >= 11 is 3.37. The van der Waals surface area contributed by atoms with Crippen molar-refractivity contribution >= 4 is 27.0 Å². The number of hydrogen-bond donors (Lipinski definition) is 1. The standard InChI is InChI=1S/C13H8BrFN2O/c14-8-4-1-2-7-11(8)17-12-9(15)5-3-6-10(12)16-13(17)18/h1-7H,(H,16,18). The molecule has 1 heterocycles. The molecule has 0 spiro atoms. The van der Waals surface area contributed by atoms with Crippen LogP contribution in [0.4, 0.5) is 4.39 Å². The van der Waals surface area contributed by atoms with Gasteiger partial charge in [0.2, 0.25) is 0 Å². The fraction of sp³-hybridized carbons (Fsp3) is 0. The van der Waals surface area contributed by atoms with E-state index in [1.54, 1.807) is 30.3 Å². The Morgan fingerprint density at radius 2 is 1.89 bits per heavy atom. The molecule has 0 saturated heterocycles. The number of aromatic nitrogens is 2. The number of fused-ring (bicyclic) bond motifs is 1. The zero-order chi connectivity index (χ0) is 12.7. The number of nitrogens with zero attached hydrogens (tertiary/aromatic N) is 1. The van der Waals surface area contributed by atoms with Gasteiger partial charge in [0.05, 0.1) is 11.2 Å². The van der Waals surface area contributed by atoms with Gasteiger partial charge in [-0.05, 0) is 40.2 Å². The molecule has 3 aromatic rings. The zero-order valence-electron chi connectivity index (χ0n) is 9.15. The fourth-order valence-electron chi connectivity index (χ4n) is 1.98. The Morgan fingerprint density at radius 1 is 1.11 bits per heavy atom. The Kier molecular flexibility index (Phi) is 2.56. The van der Waals surface area contributed by atoms with Crippen LogP contribution in [0.25, 0.3) is 16.7 Å². The number of para-hydroxylation sites is 2. The van der Waals surface area contributed by atoms with Gasteiger partial charge in [-0.2, -0.15) is 0 Å². The van der Waals surface area contributed by atoms with Crippen molar-refractivity contribution in [3.8, 4) is 5.69 Å². The van der Waals surface area contributed by atoms with Crippen LogP contribution in [0.15, 0.2) is 51.7 Å². The van der Waals surface area contributed by atoms with E-state index in [0.29, 0.717) is 11.2 Å². The van der Waals surface area contributed by atoms with Gasteiger partial charge in [-0.1, -0.05) is 18.2 Å². The fourth-order valence-corrected chi connectivity index (χ4v) is 2.44. The first kappa shape index (κ1) is 11.2. The number of hydrogen-bond acceptors (Lipinski definition) is 1. The SMILES string of the molecule is O=c1[nH]c2cccc(F)c2n1-c1ccccc1Br. The van der Waals surface area contributed by atoms with E-state index < -0.39 is 5.82 Å². The van der Waals surface area contributed by atoms with Crippen molar-refractivity contribution < 1.29 is 4.39 Å². The van der Waals surface area contributed by atoms with E-state index in [4.69, 9.17) is 0 Å². The Labute approximate surface area is 110 Å². The van der Waals surface area contributed by atoms with E-state index in [1.165, 1.54) is 10.6 Å². The lowest BCUT2D eigenvalue weighted by Crippen LogP contribution is -2.15. The minimum absolute atomic E-state index is 0.259. The van der Waals surface area contributed by atoms with Gasteiger partial charge >= 0.3 is 5.69 Å². The second-order valence-corrected chi connectivity index (χ2v) is 4.71. The van der Waals surface area contributed by atoms with E-state index in [1.807, 2.05) is 6.07 Å². The molecule has 0 amide bonds. The molecular weight excluding hydrogens is 299 g/mol. The minimum atomic E-state index is -0.429. The highest BCUT2D eigenvalue weighted by Crippen LogP contribution is 2.24. The first-order valence-electron chi connectivity index (χ1n) is 5.32. The van der Waals surface area contributed by atoms with Gasteiger partial charge in [0.25, 0.3) is 0 Å². The summed E-state index contributed by atoms with van der Waals surface area (Å²) in [5.41, 5.74) is 0.992. The lowest BCUT2D eigenvalue weighted by atomic mass is 10.2. The second-order valence-electron chi connectivity index (χ2n) is 3.85. The third-order valence-electron chi connectivity index (χ3n) is 2.75. The van der Waals surface area contributed by atoms with Crippen LogP contribution in [-0.4, -0.2) is 9.55 Å². The zero-order valence-corrected chi connectivity index (χ0v) is 10.7. The number of imidazole rings is 1. The second kappa shape index (κ2) is 4.10. The molecule has 0 aliphatic heterocycles. The highest BCUT2D eigenvalue weighted by molar-refractivity contribution is 9.10. The van der Waals surface area contributed by atoms with Crippen molar-refractivity contribution in [3.63, 3.8) is 0 Å². The number of halogens is 2. The van der Waals surface area contributed by atoms with Gasteiger partial charge in [-0.15, -0.1) is 0 Å². The van der Waals surface area contributed by atoms with E-state index >= 15 is 0 Å². The Hall–Kier alpha value is -1.88. The van der Waals surface area contributed by atoms with Crippen LogP contribution in [0, 0.1) is 5.82 Å². The third kappa shape index (κ3) is 1.59. The summed E-state index contributed by atoms with van der Waals surface area (Å²) in [4.78, 5) is 14.6. The van der Waals surface area contributed by atoms with Crippen molar-refractivity contribution in [2.45, 2.75) is 0 Å². The topological polar surface area (TPSA) is 37.8 Å². The number of rotatable bonds is 1. The molecule has 0 bridgehead atoms. The average Bonchev–Trinajstić information content (AvgIpc) is 2.68. The van der Waals surface area contributed by atoms with Gasteiger partial charge < -0.3 is 4.98 Å². The maximum atomic E-state index is 13.9. The molecule has 0 saturated carbocycles. The maximum Gasteiger partial charge on any atom is 0.331 e. The molecule has 3 nitrogen and oxygen atoms in total. The molecule has 0 unspecified atom stereocenters. The summed E-state index contributed by atoms with van der Waals surface area (Å²) in [6.07, 6.45) is 0. The number of nitrogens with one attached hydrogen (secondary N) is 1. The van der Waals surface area contributed by atoms with Gasteiger partial charge in [-0.25, -0.2) is 9.18 Å². The van der Waals surface area contributed by atoms with Crippen LogP contribution in [-0.2, 0) is 0 Å². The predicted octanol–water partition coefficient (Wildman–Crippen LogP) is 3.22.